The molecule has 0 unspecified atom stereocenters. The number of halogens is 1. The monoisotopic (exact) mass is 339 g/mol. The van der Waals surface area contributed by atoms with E-state index in [4.69, 9.17) is 4.74 Å². The number of hydrogen-bond acceptors (Lipinski definition) is 3. The fraction of sp³-hybridized carbons (Fsp3) is 0.333. The van der Waals surface area contributed by atoms with E-state index in [2.05, 4.69) is 53.3 Å². The Kier molecular flexibility index (Phi) is 5.43. The van der Waals surface area contributed by atoms with Crippen molar-refractivity contribution in [3.63, 3.8) is 0 Å². The molecule has 0 atom stereocenters. The molecular weight excluding hydrogens is 322 g/mol. The Morgan fingerprint density at radius 3 is 2.79 bits per heavy atom. The summed E-state index contributed by atoms with van der Waals surface area (Å²) in [5.74, 6) is 0.947. The second kappa shape index (κ2) is 7.08. The van der Waals surface area contributed by atoms with E-state index >= 15 is 0 Å². The highest BCUT2D eigenvalue weighted by Crippen LogP contribution is 2.22. The van der Waals surface area contributed by atoms with Crippen LogP contribution in [0.25, 0.3) is 0 Å². The van der Waals surface area contributed by atoms with Crippen LogP contribution in [0.5, 0.6) is 5.75 Å². The number of aryl methyl sites for hydroxylation is 2. The van der Waals surface area contributed by atoms with Gasteiger partial charge in [0.15, 0.2) is 0 Å². The van der Waals surface area contributed by atoms with Crippen LogP contribution in [0.3, 0.4) is 0 Å². The van der Waals surface area contributed by atoms with E-state index in [1.165, 1.54) is 9.75 Å². The maximum Gasteiger partial charge on any atom is 0.123 e. The van der Waals surface area contributed by atoms with Gasteiger partial charge in [0.05, 0.1) is 0 Å². The van der Waals surface area contributed by atoms with Crippen LogP contribution in [0.4, 0.5) is 0 Å². The molecule has 0 amide bonds. The Morgan fingerprint density at radius 1 is 1.21 bits per heavy atom. The average molecular weight is 340 g/mol. The highest BCUT2D eigenvalue weighted by Gasteiger charge is 2.00. The molecule has 2 nitrogen and oxygen atoms in total. The summed E-state index contributed by atoms with van der Waals surface area (Å²) in [7, 11) is 0. The van der Waals surface area contributed by atoms with Crippen molar-refractivity contribution >= 4 is 27.3 Å². The quantitative estimate of drug-likeness (QED) is 0.792. The zero-order chi connectivity index (χ0) is 13.7. The SMILES string of the molecule is Cc1ccc(CNCCOc2cc(Br)ccc2C)s1. The summed E-state index contributed by atoms with van der Waals surface area (Å²) in [6, 6.07) is 10.4. The van der Waals surface area contributed by atoms with Crippen LogP contribution >= 0.6 is 27.3 Å². The lowest BCUT2D eigenvalue weighted by Gasteiger charge is -2.10. The second-order valence-corrected chi connectivity index (χ2v) is 6.74. The van der Waals surface area contributed by atoms with Gasteiger partial charge in [-0.05, 0) is 43.7 Å². The summed E-state index contributed by atoms with van der Waals surface area (Å²) in [4.78, 5) is 2.73. The van der Waals surface area contributed by atoms with Crippen molar-refractivity contribution < 1.29 is 4.74 Å². The third-order valence-electron chi connectivity index (χ3n) is 2.78. The van der Waals surface area contributed by atoms with E-state index in [1.807, 2.05) is 23.5 Å². The summed E-state index contributed by atoms with van der Waals surface area (Å²) >= 11 is 5.29. The summed E-state index contributed by atoms with van der Waals surface area (Å²) < 4.78 is 6.82. The van der Waals surface area contributed by atoms with Gasteiger partial charge < -0.3 is 10.1 Å². The van der Waals surface area contributed by atoms with Gasteiger partial charge in [-0.1, -0.05) is 22.0 Å². The number of thiophene rings is 1. The Labute approximate surface area is 126 Å². The van der Waals surface area contributed by atoms with Crippen molar-refractivity contribution in [1.29, 1.82) is 0 Å². The summed E-state index contributed by atoms with van der Waals surface area (Å²) in [6.07, 6.45) is 0. The molecule has 0 fully saturated rings. The van der Waals surface area contributed by atoms with Crippen LogP contribution in [-0.2, 0) is 6.54 Å². The highest BCUT2D eigenvalue weighted by molar-refractivity contribution is 9.10. The van der Waals surface area contributed by atoms with Crippen LogP contribution in [0, 0.1) is 13.8 Å². The highest BCUT2D eigenvalue weighted by atomic mass is 79.9. The number of benzene rings is 1. The molecule has 0 aliphatic rings. The van der Waals surface area contributed by atoms with E-state index in [1.54, 1.807) is 0 Å². The van der Waals surface area contributed by atoms with E-state index in [-0.39, 0.29) is 0 Å². The lowest BCUT2D eigenvalue weighted by atomic mass is 10.2. The third kappa shape index (κ3) is 4.64. The molecule has 19 heavy (non-hydrogen) atoms. The second-order valence-electron chi connectivity index (χ2n) is 4.45. The Bertz CT molecular complexity index is 539. The maximum absolute atomic E-state index is 5.77. The van der Waals surface area contributed by atoms with Crippen molar-refractivity contribution in [3.05, 3.63) is 50.1 Å². The minimum absolute atomic E-state index is 0.682. The molecule has 0 saturated heterocycles. The van der Waals surface area contributed by atoms with Gasteiger partial charge in [0.2, 0.25) is 0 Å². The Hall–Kier alpha value is -0.840. The first-order valence-electron chi connectivity index (χ1n) is 6.30. The molecule has 102 valence electrons. The van der Waals surface area contributed by atoms with Gasteiger partial charge in [-0.25, -0.2) is 0 Å². The van der Waals surface area contributed by atoms with Crippen LogP contribution in [-0.4, -0.2) is 13.2 Å². The summed E-state index contributed by atoms with van der Waals surface area (Å²) in [5, 5.41) is 3.39. The van der Waals surface area contributed by atoms with Crippen molar-refractivity contribution in [2.45, 2.75) is 20.4 Å². The Balaban J connectivity index is 1.70. The molecule has 0 aliphatic heterocycles. The number of ether oxygens (including phenoxy) is 1. The van der Waals surface area contributed by atoms with E-state index in [9.17, 15) is 0 Å². The van der Waals surface area contributed by atoms with Gasteiger partial charge in [0, 0.05) is 27.3 Å². The van der Waals surface area contributed by atoms with Gasteiger partial charge in [-0.15, -0.1) is 11.3 Å². The number of nitrogens with one attached hydrogen (secondary N) is 1. The molecule has 0 bridgehead atoms. The van der Waals surface area contributed by atoms with Crippen LogP contribution in [0.15, 0.2) is 34.8 Å². The standard InChI is InChI=1S/C15H18BrNOS/c1-11-3-5-13(16)9-15(11)18-8-7-17-10-14-6-4-12(2)19-14/h3-6,9,17H,7-8,10H2,1-2H3. The molecule has 1 aromatic heterocycles. The minimum Gasteiger partial charge on any atom is -0.492 e. The molecule has 2 rings (SSSR count). The molecule has 0 spiro atoms. The molecule has 4 heteroatoms. The first-order chi connectivity index (χ1) is 9.15. The largest absolute Gasteiger partial charge is 0.492 e. The summed E-state index contributed by atoms with van der Waals surface area (Å²) in [5.41, 5.74) is 1.16. The maximum atomic E-state index is 5.77. The smallest absolute Gasteiger partial charge is 0.123 e. The van der Waals surface area contributed by atoms with Crippen LogP contribution < -0.4 is 10.1 Å². The first kappa shape index (κ1) is 14.6. The molecule has 2 aromatic rings. The van der Waals surface area contributed by atoms with Crippen molar-refractivity contribution in [2.75, 3.05) is 13.2 Å². The molecule has 0 radical (unpaired) electrons. The first-order valence-corrected chi connectivity index (χ1v) is 7.91. The molecule has 1 heterocycles. The molecule has 0 aliphatic carbocycles. The normalized spacial score (nSPS) is 10.7. The predicted molar refractivity (Wildman–Crippen MR) is 85.1 cm³/mol. The zero-order valence-electron chi connectivity index (χ0n) is 11.2. The lowest BCUT2D eigenvalue weighted by Crippen LogP contribution is -2.20. The number of hydrogen-bond donors (Lipinski definition) is 1. The van der Waals surface area contributed by atoms with E-state index < -0.39 is 0 Å². The minimum atomic E-state index is 0.682. The fourth-order valence-electron chi connectivity index (χ4n) is 1.75. The van der Waals surface area contributed by atoms with Gasteiger partial charge in [-0.2, -0.15) is 0 Å². The molecule has 0 saturated carbocycles. The van der Waals surface area contributed by atoms with Gasteiger partial charge in [0.1, 0.15) is 12.4 Å². The van der Waals surface area contributed by atoms with Gasteiger partial charge in [0.25, 0.3) is 0 Å². The summed E-state index contributed by atoms with van der Waals surface area (Å²) in [6.45, 7) is 6.64. The topological polar surface area (TPSA) is 21.3 Å². The molecule has 1 aromatic carbocycles. The Morgan fingerprint density at radius 2 is 2.05 bits per heavy atom. The van der Waals surface area contributed by atoms with Gasteiger partial charge >= 0.3 is 0 Å². The fourth-order valence-corrected chi connectivity index (χ4v) is 2.95. The van der Waals surface area contributed by atoms with Crippen LogP contribution in [0.1, 0.15) is 15.3 Å². The lowest BCUT2D eigenvalue weighted by molar-refractivity contribution is 0.311. The average Bonchev–Trinajstić information content (AvgIpc) is 2.79. The number of rotatable bonds is 6. The van der Waals surface area contributed by atoms with Crippen molar-refractivity contribution in [3.8, 4) is 5.75 Å². The van der Waals surface area contributed by atoms with E-state index in [0.717, 1.165) is 28.9 Å². The molecule has 1 N–H and O–H groups in total. The predicted octanol–water partition coefficient (Wildman–Crippen LogP) is 4.30. The van der Waals surface area contributed by atoms with Crippen molar-refractivity contribution in [2.24, 2.45) is 0 Å². The zero-order valence-corrected chi connectivity index (χ0v) is 13.6. The van der Waals surface area contributed by atoms with E-state index in [0.29, 0.717) is 6.61 Å². The van der Waals surface area contributed by atoms with Crippen LogP contribution in [0.2, 0.25) is 0 Å². The third-order valence-corrected chi connectivity index (χ3v) is 4.28. The molecular formula is C15H18BrNOS. The van der Waals surface area contributed by atoms with Crippen molar-refractivity contribution in [1.82, 2.24) is 5.32 Å². The van der Waals surface area contributed by atoms with Gasteiger partial charge in [-0.3, -0.25) is 0 Å².